The molecule has 3 aromatic carbocycles. The molecule has 0 spiro atoms. The van der Waals surface area contributed by atoms with Crippen LogP contribution in [0.25, 0.3) is 21.8 Å². The van der Waals surface area contributed by atoms with Gasteiger partial charge < -0.3 is 131 Å². The van der Waals surface area contributed by atoms with Crippen molar-refractivity contribution < 1.29 is 86.9 Å². The second-order valence-corrected chi connectivity index (χ2v) is 36.4. The zero-order valence-corrected chi connectivity index (χ0v) is 79.0. The molecule has 6 heterocycles. The Hall–Kier alpha value is -13.1. The molecule has 25 N–H and O–H groups in total. The molecule has 3 aliphatic heterocycles. The molecule has 3 aliphatic rings. The summed E-state index contributed by atoms with van der Waals surface area (Å²) in [5.41, 5.74) is 26.8. The molecule has 9 rings (SSSR count). The molecular formula is C92H133N25O18S. The van der Waals surface area contributed by atoms with Gasteiger partial charge in [0.25, 0.3) is 0 Å². The zero-order chi connectivity index (χ0) is 99.1. The highest BCUT2D eigenvalue weighted by Crippen LogP contribution is 2.28. The van der Waals surface area contributed by atoms with Crippen molar-refractivity contribution in [2.45, 2.75) is 241 Å². The number of nitrogens with one attached hydrogen (secondary N) is 15. The lowest BCUT2D eigenvalue weighted by atomic mass is 10.00. The normalized spacial score (nSPS) is 24.7. The van der Waals surface area contributed by atoms with Crippen molar-refractivity contribution in [3.05, 3.63) is 126 Å². The quantitative estimate of drug-likeness (QED) is 0.0142. The molecular weight excluding hydrogens is 1780 g/mol. The lowest BCUT2D eigenvalue weighted by Gasteiger charge is -2.37. The number of hydrogen-bond acceptors (Lipinski definition) is 23. The monoisotopic (exact) mass is 1910 g/mol. The molecule has 16 amide bonds. The number of aromatic amines is 3. The van der Waals surface area contributed by atoms with Crippen molar-refractivity contribution in [3.8, 4) is 0 Å². The van der Waals surface area contributed by atoms with Gasteiger partial charge in [0.2, 0.25) is 94.5 Å². The third kappa shape index (κ3) is 30.0. The highest BCUT2D eigenvalue weighted by Gasteiger charge is 2.47. The number of unbranched alkanes of at least 4 members (excludes halogenated alkanes) is 2. The summed E-state index contributed by atoms with van der Waals surface area (Å²) in [5, 5.41) is 62.1. The number of aliphatic hydroxyl groups is 2. The highest BCUT2D eigenvalue weighted by atomic mass is 32.2. The van der Waals surface area contributed by atoms with E-state index >= 15 is 38.4 Å². The van der Waals surface area contributed by atoms with Gasteiger partial charge in [-0.05, 0) is 92.2 Å². The maximum atomic E-state index is 15.8. The van der Waals surface area contributed by atoms with Crippen LogP contribution in [0.3, 0.4) is 0 Å². The minimum atomic E-state index is -1.85. The van der Waals surface area contributed by atoms with E-state index in [4.69, 9.17) is 28.3 Å². The van der Waals surface area contributed by atoms with Gasteiger partial charge in [0.15, 0.2) is 5.96 Å². The van der Waals surface area contributed by atoms with Crippen molar-refractivity contribution in [2.24, 2.45) is 28.9 Å². The fourth-order valence-corrected chi connectivity index (χ4v) is 17.9. The van der Waals surface area contributed by atoms with E-state index in [-0.39, 0.29) is 114 Å². The van der Waals surface area contributed by atoms with Crippen LogP contribution >= 0.6 is 11.8 Å². The summed E-state index contributed by atoms with van der Waals surface area (Å²) in [4.78, 5) is 255. The predicted molar refractivity (Wildman–Crippen MR) is 506 cm³/mol. The summed E-state index contributed by atoms with van der Waals surface area (Å²) >= 11 is 0.849. The van der Waals surface area contributed by atoms with Gasteiger partial charge in [-0.3, -0.25) is 82.1 Å². The van der Waals surface area contributed by atoms with Gasteiger partial charge >= 0.3 is 0 Å². The molecule has 3 saturated heterocycles. The molecule has 0 radical (unpaired) electrons. The molecule has 15 atom stereocenters. The summed E-state index contributed by atoms with van der Waals surface area (Å²) in [5.74, 6) is -15.7. The van der Waals surface area contributed by atoms with E-state index < -0.39 is 217 Å². The van der Waals surface area contributed by atoms with E-state index in [0.29, 0.717) is 76.3 Å². The van der Waals surface area contributed by atoms with E-state index in [1.807, 2.05) is 19.9 Å². The van der Waals surface area contributed by atoms with Crippen LogP contribution in [0.2, 0.25) is 0 Å². The number of imidazole rings is 1. The van der Waals surface area contributed by atoms with Gasteiger partial charge in [0.05, 0.1) is 43.8 Å². The standard InChI is InChI=1S/C92H133N25O18S/c1-9-11-19-58-44-102-64(24-17-31-99-92(96)97)81(125)112-72(80(124)103-45-77(95)121)48-136-49-78(122)105-68(34-53-27-29-54(40-93)30-28-53)87(131)113(6)52(5)79(123)108-70(39-76(94)120)89(133)116-32-18-26-73(116)85(129)107-66(37-57-43-98-50-104-57)83(127)109-67(33-51(3)4)90(134)117-46-59(119)38-75(117)86(130)106-65(35-55-41-100-62-22-15-13-20-60(55)62)82(126)111-71(47-118)84(128)110-69(36-56-42-101-63-23-16-14-21-61(56)63)88(132)115(8)74(25-12-10-2)91(135)114(58)7/h13-16,20-23,27-30,41-43,50-52,58-59,64-75,100-102,118-119H,9-12,17-19,24-26,31-40,44-49,93H2,1-8H3,(H2,94,120)(H2,95,121)(H,98,104)(H,103,124)(H,105,122)(H,106,130)(H,107,129)(H,108,123)(H,109,127)(H,110,128)(H,111,126)(H,112,125)(H4,96,97,99)/t52-,58-,59+,64-,65-,66-,67-,68-,69-,70-,71-,72-,73-,74-,75?/m0/s1. The number of amides is 16. The summed E-state index contributed by atoms with van der Waals surface area (Å²) in [6.45, 7) is 6.59. The number of fused-ring (bicyclic) bond motifs is 4. The molecule has 740 valence electrons. The molecule has 6 aromatic rings. The Labute approximate surface area is 792 Å². The number of benzene rings is 3. The lowest BCUT2D eigenvalue weighted by Crippen LogP contribution is -2.61. The van der Waals surface area contributed by atoms with E-state index in [1.165, 1.54) is 43.3 Å². The Bertz CT molecular complexity index is 5170. The number of aromatic nitrogens is 4. The first-order valence-electron chi connectivity index (χ1n) is 46.1. The zero-order valence-electron chi connectivity index (χ0n) is 78.2. The second-order valence-electron chi connectivity index (χ2n) is 35.4. The van der Waals surface area contributed by atoms with Gasteiger partial charge in [-0.1, -0.05) is 114 Å². The predicted octanol–water partition coefficient (Wildman–Crippen LogP) is -2.70. The second kappa shape index (κ2) is 51.6. The largest absolute Gasteiger partial charge is 0.394 e. The number of carbonyl (C=O) groups excluding carboxylic acids is 16. The number of guanidine groups is 1. The third-order valence-electron chi connectivity index (χ3n) is 24.8. The van der Waals surface area contributed by atoms with E-state index in [1.54, 1.807) is 100 Å². The van der Waals surface area contributed by atoms with Crippen LogP contribution in [-0.4, -0.2) is 318 Å². The van der Waals surface area contributed by atoms with Crippen molar-refractivity contribution >= 4 is 134 Å². The lowest BCUT2D eigenvalue weighted by molar-refractivity contribution is -0.147. The van der Waals surface area contributed by atoms with Crippen LogP contribution in [0.4, 0.5) is 0 Å². The van der Waals surface area contributed by atoms with Crippen LogP contribution in [0.5, 0.6) is 0 Å². The Morgan fingerprint density at radius 1 is 0.574 bits per heavy atom. The van der Waals surface area contributed by atoms with Crippen molar-refractivity contribution in [1.29, 1.82) is 5.41 Å². The number of nitrogens with two attached hydrogens (primary N) is 4. The number of likely N-dealkylation sites (N-methyl/N-ethyl adjacent to an activating group) is 3. The molecule has 1 unspecified atom stereocenters. The Morgan fingerprint density at radius 2 is 1.13 bits per heavy atom. The molecule has 0 saturated carbocycles. The summed E-state index contributed by atoms with van der Waals surface area (Å²) in [6, 6.07) is 0.864. The Morgan fingerprint density at radius 3 is 1.74 bits per heavy atom. The van der Waals surface area contributed by atoms with Crippen molar-refractivity contribution in [2.75, 3.05) is 72.0 Å². The van der Waals surface area contributed by atoms with E-state index in [9.17, 15) is 48.6 Å². The number of hydrogen-bond donors (Lipinski definition) is 21. The average molecular weight is 1910 g/mol. The number of thioether (sulfide) groups is 1. The molecule has 43 nitrogen and oxygen atoms in total. The van der Waals surface area contributed by atoms with Crippen LogP contribution in [-0.2, 0) is 109 Å². The van der Waals surface area contributed by atoms with Crippen molar-refractivity contribution in [3.63, 3.8) is 0 Å². The minimum Gasteiger partial charge on any atom is -0.394 e. The summed E-state index contributed by atoms with van der Waals surface area (Å²) < 4.78 is 0. The van der Waals surface area contributed by atoms with Crippen LogP contribution in [0.15, 0.2) is 97.7 Å². The molecule has 0 aliphatic carbocycles. The molecule has 3 fully saturated rings. The van der Waals surface area contributed by atoms with Gasteiger partial charge in [-0.2, -0.15) is 0 Å². The van der Waals surface area contributed by atoms with Gasteiger partial charge in [0.1, 0.15) is 72.5 Å². The first-order valence-corrected chi connectivity index (χ1v) is 47.3. The molecule has 0 bridgehead atoms. The number of carbonyl (C=O) groups is 16. The van der Waals surface area contributed by atoms with Gasteiger partial charge in [0, 0.05) is 144 Å². The first-order chi connectivity index (χ1) is 64.9. The molecule has 136 heavy (non-hydrogen) atoms. The molecule has 3 aromatic heterocycles. The summed E-state index contributed by atoms with van der Waals surface area (Å²) in [6.07, 6.45) is 5.49. The van der Waals surface area contributed by atoms with E-state index in [2.05, 4.69) is 78.4 Å². The minimum absolute atomic E-state index is 0.00102. The topological polar surface area (TPSA) is 650 Å². The summed E-state index contributed by atoms with van der Waals surface area (Å²) in [7, 11) is 4.25. The Kier molecular flexibility index (Phi) is 40.4. The van der Waals surface area contributed by atoms with Crippen molar-refractivity contribution in [1.82, 2.24) is 103 Å². The molecule has 44 heteroatoms. The first kappa shape index (κ1) is 107. The van der Waals surface area contributed by atoms with Crippen LogP contribution in [0, 0.1) is 11.3 Å². The Balaban J connectivity index is 1.10. The maximum Gasteiger partial charge on any atom is 0.246 e. The smallest absolute Gasteiger partial charge is 0.246 e. The fourth-order valence-electron chi connectivity index (χ4n) is 17.0. The highest BCUT2D eigenvalue weighted by molar-refractivity contribution is 8.00. The maximum absolute atomic E-state index is 15.8. The van der Waals surface area contributed by atoms with Crippen LogP contribution in [0.1, 0.15) is 146 Å². The average Bonchev–Trinajstić information content (AvgIpc) is 1.58. The number of para-hydroxylation sites is 2. The van der Waals surface area contributed by atoms with Crippen LogP contribution < -0.4 is 81.4 Å². The van der Waals surface area contributed by atoms with Gasteiger partial charge in [-0.15, -0.1) is 11.8 Å². The SMILES string of the molecule is CCCC[C@H]1CN[C@@H](CCCNC(=N)N)C(=O)N[C@H](C(=O)NCC(N)=O)CSCC(=O)N[C@@H](Cc2ccc(CN)cc2)C(=O)N(C)[C@@H](C)C(=O)N[C@@H](CC(N)=O)C(=O)N2CCC[C@H]2C(=O)N[C@@H](Cc2cnc[nH]2)C(=O)N[C@@H](CC(C)C)C(=O)N2C[C@H](O)CC2C(=O)N[C@@H](Cc2c[nH]c3ccccc23)C(=O)N[C@@H](CO)C(=O)N[C@@H](Cc2c[nH]c3ccccc23)C(=O)N(C)[C@@H](CCCC)C(=O)N1C. The van der Waals surface area contributed by atoms with E-state index in [0.717, 1.165) is 32.0 Å². The number of H-pyrrole nitrogens is 3. The van der Waals surface area contributed by atoms with Gasteiger partial charge in [-0.25, -0.2) is 4.98 Å². The third-order valence-corrected chi connectivity index (χ3v) is 25.8. The number of primary amides is 2. The number of rotatable bonds is 27. The number of aliphatic hydroxyl groups excluding tert-OH is 2. The fraction of sp³-hybridized carbons (Fsp3) is 0.543. The number of nitrogens with zero attached hydrogens (tertiary/aromatic N) is 6.